The van der Waals surface area contributed by atoms with Crippen LogP contribution in [0.3, 0.4) is 0 Å². The van der Waals surface area contributed by atoms with Gasteiger partial charge in [-0.2, -0.15) is 0 Å². The Bertz CT molecular complexity index is 646. The number of pyridine rings is 1. The molecule has 2 atom stereocenters. The van der Waals surface area contributed by atoms with E-state index in [9.17, 15) is 5.11 Å². The van der Waals surface area contributed by atoms with E-state index in [4.69, 9.17) is 0 Å². The molecule has 23 heavy (non-hydrogen) atoms. The first-order valence-electron chi connectivity index (χ1n) is 8.35. The Kier molecular flexibility index (Phi) is 4.64. The number of aliphatic hydroxyl groups excluding tert-OH is 1. The molecule has 0 bridgehead atoms. The van der Waals surface area contributed by atoms with Gasteiger partial charge in [-0.3, -0.25) is 0 Å². The molecule has 0 radical (unpaired) electrons. The number of rotatable bonds is 5. The molecule has 1 fully saturated rings. The lowest BCUT2D eigenvalue weighted by Crippen LogP contribution is -2.59. The molecule has 2 heterocycles. The number of nitrogens with zero attached hydrogens (tertiary/aromatic N) is 3. The molecule has 0 aliphatic carbocycles. The molecule has 4 nitrogen and oxygen atoms in total. The van der Waals surface area contributed by atoms with Crippen LogP contribution in [0.4, 0.5) is 5.82 Å². The van der Waals surface area contributed by atoms with E-state index in [-0.39, 0.29) is 6.10 Å². The Labute approximate surface area is 138 Å². The standard InChI is InChI=1S/C19H26N3O/c1-16-7-6-10-19(20-16)21(2)22(14-12-18(23)15-22)13-11-17-8-4-3-5-9-17/h3-10,18,23H,11-15H2,1-2H3/q+1/t18-,22?/m0/s1. The lowest BCUT2D eigenvalue weighted by atomic mass is 10.1. The molecule has 1 unspecified atom stereocenters. The molecular formula is C19H26N3O+. The van der Waals surface area contributed by atoms with Crippen LogP contribution in [0.25, 0.3) is 0 Å². The van der Waals surface area contributed by atoms with Gasteiger partial charge in [0.25, 0.3) is 0 Å². The second-order valence-electron chi connectivity index (χ2n) is 6.56. The first-order valence-corrected chi connectivity index (χ1v) is 8.35. The van der Waals surface area contributed by atoms with Crippen LogP contribution < -0.4 is 5.01 Å². The minimum Gasteiger partial charge on any atom is -0.387 e. The first-order chi connectivity index (χ1) is 11.1. The number of hydrogen-bond donors (Lipinski definition) is 1. The summed E-state index contributed by atoms with van der Waals surface area (Å²) in [7, 11) is 2.10. The van der Waals surface area contributed by atoms with Crippen molar-refractivity contribution in [3.8, 4) is 0 Å². The molecular weight excluding hydrogens is 286 g/mol. The zero-order valence-corrected chi connectivity index (χ0v) is 14.0. The number of aliphatic hydroxyl groups is 1. The molecule has 2 aromatic rings. The third-order valence-corrected chi connectivity index (χ3v) is 4.93. The summed E-state index contributed by atoms with van der Waals surface area (Å²) < 4.78 is 0.770. The number of aryl methyl sites for hydroxylation is 1. The summed E-state index contributed by atoms with van der Waals surface area (Å²) in [4.78, 5) is 4.67. The number of likely N-dealkylation sites (tertiary alicyclic amines) is 1. The van der Waals surface area contributed by atoms with Gasteiger partial charge in [0.2, 0.25) is 0 Å². The highest BCUT2D eigenvalue weighted by Gasteiger charge is 2.42. The third-order valence-electron chi connectivity index (χ3n) is 4.93. The minimum absolute atomic E-state index is 0.224. The quantitative estimate of drug-likeness (QED) is 0.862. The zero-order chi connectivity index (χ0) is 16.3. The highest BCUT2D eigenvalue weighted by atomic mass is 16.3. The molecule has 1 saturated heterocycles. The van der Waals surface area contributed by atoms with Gasteiger partial charge in [0, 0.05) is 18.5 Å². The number of aromatic nitrogens is 1. The molecule has 4 heteroatoms. The Hall–Kier alpha value is -1.91. The third kappa shape index (κ3) is 3.54. The summed E-state index contributed by atoms with van der Waals surface area (Å²) in [6, 6.07) is 16.7. The number of benzene rings is 1. The molecule has 1 N–H and O–H groups in total. The van der Waals surface area contributed by atoms with Gasteiger partial charge in [0.15, 0.2) is 5.82 Å². The van der Waals surface area contributed by atoms with Crippen molar-refractivity contribution in [1.82, 2.24) is 4.98 Å². The van der Waals surface area contributed by atoms with Crippen LogP contribution in [0.5, 0.6) is 0 Å². The van der Waals surface area contributed by atoms with Crippen LogP contribution in [0, 0.1) is 6.92 Å². The number of anilines is 1. The van der Waals surface area contributed by atoms with Crippen LogP contribution in [-0.4, -0.2) is 47.5 Å². The second-order valence-corrected chi connectivity index (χ2v) is 6.56. The molecule has 1 aromatic carbocycles. The van der Waals surface area contributed by atoms with Crippen molar-refractivity contribution < 1.29 is 9.70 Å². The van der Waals surface area contributed by atoms with Crippen LogP contribution in [-0.2, 0) is 6.42 Å². The van der Waals surface area contributed by atoms with Crippen molar-refractivity contribution in [2.24, 2.45) is 0 Å². The highest BCUT2D eigenvalue weighted by molar-refractivity contribution is 5.35. The fraction of sp³-hybridized carbons (Fsp3) is 0.421. The van der Waals surface area contributed by atoms with E-state index in [1.165, 1.54) is 5.56 Å². The van der Waals surface area contributed by atoms with E-state index in [1.807, 2.05) is 19.1 Å². The molecule has 0 amide bonds. The zero-order valence-electron chi connectivity index (χ0n) is 14.0. The van der Waals surface area contributed by atoms with Crippen molar-refractivity contribution >= 4 is 5.82 Å². The summed E-state index contributed by atoms with van der Waals surface area (Å²) in [6.07, 6.45) is 1.63. The SMILES string of the molecule is Cc1cccc(N(C)[N+]2(CCc3ccccc3)CC[C@H](O)C2)n1. The van der Waals surface area contributed by atoms with Gasteiger partial charge in [-0.1, -0.05) is 36.4 Å². The van der Waals surface area contributed by atoms with E-state index in [0.29, 0.717) is 0 Å². The fourth-order valence-electron chi connectivity index (χ4n) is 3.50. The summed E-state index contributed by atoms with van der Waals surface area (Å²) in [5, 5.41) is 12.4. The Balaban J connectivity index is 1.82. The van der Waals surface area contributed by atoms with Crippen molar-refractivity contribution in [3.05, 3.63) is 59.8 Å². The van der Waals surface area contributed by atoms with E-state index >= 15 is 0 Å². The Morgan fingerprint density at radius 2 is 1.96 bits per heavy atom. The maximum atomic E-state index is 10.1. The molecule has 0 saturated carbocycles. The van der Waals surface area contributed by atoms with Gasteiger partial charge in [-0.15, -0.1) is 0 Å². The second kappa shape index (κ2) is 6.69. The maximum absolute atomic E-state index is 10.1. The summed E-state index contributed by atoms with van der Waals surface area (Å²) in [5.74, 6) is 0.979. The number of quaternary nitrogens is 1. The average Bonchev–Trinajstić information content (AvgIpc) is 2.96. The monoisotopic (exact) mass is 312 g/mol. The average molecular weight is 312 g/mol. The molecule has 122 valence electrons. The lowest BCUT2D eigenvalue weighted by molar-refractivity contribution is -0.924. The van der Waals surface area contributed by atoms with Gasteiger partial charge in [0.05, 0.1) is 7.05 Å². The lowest BCUT2D eigenvalue weighted by Gasteiger charge is -2.41. The summed E-state index contributed by atoms with van der Waals surface area (Å²) in [6.45, 7) is 4.72. The smallest absolute Gasteiger partial charge is 0.176 e. The first kappa shape index (κ1) is 16.0. The van der Waals surface area contributed by atoms with Gasteiger partial charge in [-0.05, 0) is 24.6 Å². The Morgan fingerprint density at radius 3 is 2.61 bits per heavy atom. The molecule has 3 rings (SSSR count). The molecule has 1 aromatic heterocycles. The van der Waals surface area contributed by atoms with Gasteiger partial charge >= 0.3 is 0 Å². The topological polar surface area (TPSA) is 36.4 Å². The van der Waals surface area contributed by atoms with Gasteiger partial charge < -0.3 is 5.11 Å². The van der Waals surface area contributed by atoms with Gasteiger partial charge in [0.1, 0.15) is 25.7 Å². The highest BCUT2D eigenvalue weighted by Crippen LogP contribution is 2.27. The molecule has 0 spiro atoms. The van der Waals surface area contributed by atoms with Crippen molar-refractivity contribution in [2.75, 3.05) is 31.7 Å². The van der Waals surface area contributed by atoms with Gasteiger partial charge in [-0.25, -0.2) is 14.6 Å². The minimum atomic E-state index is -0.224. The van der Waals surface area contributed by atoms with E-state index < -0.39 is 0 Å². The van der Waals surface area contributed by atoms with Crippen LogP contribution >= 0.6 is 0 Å². The van der Waals surface area contributed by atoms with Crippen molar-refractivity contribution in [3.63, 3.8) is 0 Å². The molecule has 1 aliphatic rings. The van der Waals surface area contributed by atoms with E-state index in [2.05, 4.69) is 53.4 Å². The fourth-order valence-corrected chi connectivity index (χ4v) is 3.50. The molecule has 1 aliphatic heterocycles. The van der Waals surface area contributed by atoms with E-state index in [1.54, 1.807) is 0 Å². The van der Waals surface area contributed by atoms with Crippen LogP contribution in [0.15, 0.2) is 48.5 Å². The largest absolute Gasteiger partial charge is 0.387 e. The Morgan fingerprint density at radius 1 is 1.17 bits per heavy atom. The number of hydrogen-bond acceptors (Lipinski definition) is 3. The van der Waals surface area contributed by atoms with Crippen molar-refractivity contribution in [2.45, 2.75) is 25.9 Å². The summed E-state index contributed by atoms with van der Waals surface area (Å²) >= 11 is 0. The van der Waals surface area contributed by atoms with Crippen molar-refractivity contribution in [1.29, 1.82) is 0 Å². The normalized spacial score (nSPS) is 23.9. The van der Waals surface area contributed by atoms with Crippen LogP contribution in [0.2, 0.25) is 0 Å². The summed E-state index contributed by atoms with van der Waals surface area (Å²) in [5.41, 5.74) is 2.37. The maximum Gasteiger partial charge on any atom is 0.176 e. The predicted octanol–water partition coefficient (Wildman–Crippen LogP) is 2.57. The van der Waals surface area contributed by atoms with Crippen LogP contribution in [0.1, 0.15) is 17.7 Å². The predicted molar refractivity (Wildman–Crippen MR) is 93.0 cm³/mol. The van der Waals surface area contributed by atoms with E-state index in [0.717, 1.165) is 48.6 Å².